The quantitative estimate of drug-likeness (QED) is 0.646. The van der Waals surface area contributed by atoms with Gasteiger partial charge in [0.1, 0.15) is 0 Å². The highest BCUT2D eigenvalue weighted by atomic mass is 19.1. The van der Waals surface area contributed by atoms with Crippen molar-refractivity contribution in [3.05, 3.63) is 30.0 Å². The normalized spacial score (nSPS) is 10.3. The van der Waals surface area contributed by atoms with E-state index in [0.29, 0.717) is 22.8 Å². The molecule has 0 fully saturated rings. The van der Waals surface area contributed by atoms with Crippen LogP contribution in [0.1, 0.15) is 5.69 Å². The van der Waals surface area contributed by atoms with Gasteiger partial charge in [-0.2, -0.15) is 0 Å². The number of ether oxygens (including phenoxy) is 1. The Labute approximate surface area is 107 Å². The predicted molar refractivity (Wildman–Crippen MR) is 64.4 cm³/mol. The predicted octanol–water partition coefficient (Wildman–Crippen LogP) is 1.58. The minimum absolute atomic E-state index is 0.392. The highest BCUT2D eigenvalue weighted by Crippen LogP contribution is 2.24. The summed E-state index contributed by atoms with van der Waals surface area (Å²) in [5.74, 6) is 4.45. The number of hydrazine groups is 1. The largest absolute Gasteiger partial charge is 0.444 e. The van der Waals surface area contributed by atoms with Crippen molar-refractivity contribution in [1.82, 2.24) is 15.0 Å². The van der Waals surface area contributed by atoms with Crippen molar-refractivity contribution in [2.75, 3.05) is 12.3 Å². The maximum atomic E-state index is 13.6. The third-order valence-electron chi connectivity index (χ3n) is 2.37. The summed E-state index contributed by atoms with van der Waals surface area (Å²) in [4.78, 5) is 11.9. The number of nitrogens with one attached hydrogen (secondary N) is 1. The summed E-state index contributed by atoms with van der Waals surface area (Å²) in [7, 11) is 0. The molecule has 8 heteroatoms. The SMILES string of the molecule is Cc1nc(NN)cnc1-c1cnc(OCF)c(F)c1. The molecule has 19 heavy (non-hydrogen) atoms. The Balaban J connectivity index is 2.39. The van der Waals surface area contributed by atoms with Crippen LogP contribution in [0.2, 0.25) is 0 Å². The van der Waals surface area contributed by atoms with Crippen molar-refractivity contribution in [3.63, 3.8) is 0 Å². The fourth-order valence-electron chi connectivity index (χ4n) is 1.55. The zero-order chi connectivity index (χ0) is 13.8. The fraction of sp³-hybridized carbons (Fsp3) is 0.182. The number of nitrogen functional groups attached to an aromatic ring is 1. The van der Waals surface area contributed by atoms with E-state index in [1.165, 1.54) is 12.4 Å². The lowest BCUT2D eigenvalue weighted by atomic mass is 10.1. The molecule has 0 radical (unpaired) electrons. The molecule has 100 valence electrons. The van der Waals surface area contributed by atoms with Gasteiger partial charge in [0.2, 0.25) is 6.86 Å². The first kappa shape index (κ1) is 13.1. The van der Waals surface area contributed by atoms with Crippen LogP contribution in [0, 0.1) is 12.7 Å². The number of alkyl halides is 1. The first-order valence-corrected chi connectivity index (χ1v) is 5.30. The van der Waals surface area contributed by atoms with Gasteiger partial charge in [-0.3, -0.25) is 4.98 Å². The van der Waals surface area contributed by atoms with Crippen molar-refractivity contribution in [2.24, 2.45) is 5.84 Å². The van der Waals surface area contributed by atoms with Crippen molar-refractivity contribution >= 4 is 5.82 Å². The molecule has 0 aromatic carbocycles. The Bertz CT molecular complexity index is 593. The zero-order valence-corrected chi connectivity index (χ0v) is 10.0. The molecule has 2 aromatic heterocycles. The fourth-order valence-corrected chi connectivity index (χ4v) is 1.55. The van der Waals surface area contributed by atoms with Crippen LogP contribution < -0.4 is 16.0 Å². The van der Waals surface area contributed by atoms with E-state index in [4.69, 9.17) is 5.84 Å². The van der Waals surface area contributed by atoms with Crippen LogP contribution in [0.4, 0.5) is 14.6 Å². The van der Waals surface area contributed by atoms with Gasteiger partial charge in [-0.1, -0.05) is 0 Å². The molecule has 2 heterocycles. The van der Waals surface area contributed by atoms with Crippen molar-refractivity contribution in [1.29, 1.82) is 0 Å². The summed E-state index contributed by atoms with van der Waals surface area (Å²) in [5, 5.41) is 0. The highest BCUT2D eigenvalue weighted by Gasteiger charge is 2.11. The number of pyridine rings is 1. The number of hydrogen-bond donors (Lipinski definition) is 2. The highest BCUT2D eigenvalue weighted by molar-refractivity contribution is 5.61. The summed E-state index contributed by atoms with van der Waals surface area (Å²) in [5.41, 5.74) is 3.78. The Hall–Kier alpha value is -2.35. The van der Waals surface area contributed by atoms with E-state index in [9.17, 15) is 8.78 Å². The molecule has 0 aliphatic rings. The summed E-state index contributed by atoms with van der Waals surface area (Å²) in [6.07, 6.45) is 2.74. The van der Waals surface area contributed by atoms with Crippen LogP contribution in [0.15, 0.2) is 18.5 Å². The van der Waals surface area contributed by atoms with E-state index >= 15 is 0 Å². The molecule has 2 aromatic rings. The molecule has 3 N–H and O–H groups in total. The van der Waals surface area contributed by atoms with Gasteiger partial charge in [-0.05, 0) is 13.0 Å². The number of halogens is 2. The molecule has 0 spiro atoms. The van der Waals surface area contributed by atoms with Gasteiger partial charge in [0.05, 0.1) is 17.6 Å². The van der Waals surface area contributed by atoms with Crippen LogP contribution in [-0.4, -0.2) is 21.8 Å². The van der Waals surface area contributed by atoms with Gasteiger partial charge in [0.25, 0.3) is 5.88 Å². The molecular weight excluding hydrogens is 256 g/mol. The average molecular weight is 267 g/mol. The van der Waals surface area contributed by atoms with E-state index in [1.54, 1.807) is 6.92 Å². The Kier molecular flexibility index (Phi) is 3.81. The van der Waals surface area contributed by atoms with E-state index in [0.717, 1.165) is 6.07 Å². The van der Waals surface area contributed by atoms with Gasteiger partial charge in [-0.25, -0.2) is 24.6 Å². The average Bonchev–Trinajstić information content (AvgIpc) is 2.41. The molecule has 0 aliphatic heterocycles. The second-order valence-corrected chi connectivity index (χ2v) is 3.60. The van der Waals surface area contributed by atoms with Crippen molar-refractivity contribution in [3.8, 4) is 17.1 Å². The molecule has 0 saturated heterocycles. The molecule has 0 aliphatic carbocycles. The standard InChI is InChI=1S/C11H11F2N5O/c1-6-10(15-4-9(17-6)18-14)7-2-8(13)11(16-3-7)19-5-12/h2-4H,5,14H2,1H3,(H,17,18). The zero-order valence-electron chi connectivity index (χ0n) is 10.0. The molecule has 0 atom stereocenters. The lowest BCUT2D eigenvalue weighted by molar-refractivity contribution is 0.177. The topological polar surface area (TPSA) is 86.0 Å². The number of rotatable bonds is 4. The summed E-state index contributed by atoms with van der Waals surface area (Å²) in [6.45, 7) is 0.562. The number of nitrogens with zero attached hydrogens (tertiary/aromatic N) is 3. The lowest BCUT2D eigenvalue weighted by Gasteiger charge is -2.07. The third kappa shape index (κ3) is 2.74. The first-order chi connectivity index (χ1) is 9.15. The number of aromatic nitrogens is 3. The maximum Gasteiger partial charge on any atom is 0.252 e. The van der Waals surface area contributed by atoms with Gasteiger partial charge in [0, 0.05) is 11.8 Å². The molecule has 0 saturated carbocycles. The minimum atomic E-state index is -1.14. The molecule has 2 rings (SSSR count). The molecule has 6 nitrogen and oxygen atoms in total. The van der Waals surface area contributed by atoms with Gasteiger partial charge in [-0.15, -0.1) is 0 Å². The smallest absolute Gasteiger partial charge is 0.252 e. The van der Waals surface area contributed by atoms with Crippen molar-refractivity contribution < 1.29 is 13.5 Å². The Morgan fingerprint density at radius 1 is 1.37 bits per heavy atom. The van der Waals surface area contributed by atoms with Crippen molar-refractivity contribution in [2.45, 2.75) is 6.92 Å². The second-order valence-electron chi connectivity index (χ2n) is 3.60. The number of hydrogen-bond acceptors (Lipinski definition) is 6. The third-order valence-corrected chi connectivity index (χ3v) is 2.37. The summed E-state index contributed by atoms with van der Waals surface area (Å²) >= 11 is 0. The molecular formula is C11H11F2N5O. The Morgan fingerprint density at radius 2 is 2.16 bits per heavy atom. The summed E-state index contributed by atoms with van der Waals surface area (Å²) in [6, 6.07) is 1.16. The van der Waals surface area contributed by atoms with E-state index < -0.39 is 18.6 Å². The number of anilines is 1. The number of aryl methyl sites for hydroxylation is 1. The second kappa shape index (κ2) is 5.53. The minimum Gasteiger partial charge on any atom is -0.444 e. The Morgan fingerprint density at radius 3 is 2.74 bits per heavy atom. The maximum absolute atomic E-state index is 13.6. The molecule has 0 unspecified atom stereocenters. The van der Waals surface area contributed by atoms with Crippen LogP contribution in [-0.2, 0) is 0 Å². The first-order valence-electron chi connectivity index (χ1n) is 5.30. The van der Waals surface area contributed by atoms with E-state index in [1.807, 2.05) is 0 Å². The van der Waals surface area contributed by atoms with Crippen LogP contribution in [0.3, 0.4) is 0 Å². The monoisotopic (exact) mass is 267 g/mol. The van der Waals surface area contributed by atoms with Crippen LogP contribution in [0.5, 0.6) is 5.88 Å². The van der Waals surface area contributed by atoms with E-state index in [-0.39, 0.29) is 0 Å². The summed E-state index contributed by atoms with van der Waals surface area (Å²) < 4.78 is 29.9. The van der Waals surface area contributed by atoms with Crippen LogP contribution in [0.25, 0.3) is 11.3 Å². The lowest BCUT2D eigenvalue weighted by Crippen LogP contribution is -2.10. The van der Waals surface area contributed by atoms with Crippen LogP contribution >= 0.6 is 0 Å². The number of nitrogens with two attached hydrogens (primary N) is 1. The van der Waals surface area contributed by atoms with Gasteiger partial charge >= 0.3 is 0 Å². The van der Waals surface area contributed by atoms with Gasteiger partial charge in [0.15, 0.2) is 11.6 Å². The molecule has 0 bridgehead atoms. The van der Waals surface area contributed by atoms with Gasteiger partial charge < -0.3 is 10.2 Å². The molecule has 0 amide bonds. The van der Waals surface area contributed by atoms with E-state index in [2.05, 4.69) is 25.1 Å².